The third-order valence-corrected chi connectivity index (χ3v) is 10.2. The summed E-state index contributed by atoms with van der Waals surface area (Å²) >= 11 is 3.48. The van der Waals surface area contributed by atoms with Crippen molar-refractivity contribution >= 4 is 140 Å². The SMILES string of the molecule is Cn1c2cc[c-]cc2c2ccc(O)cc21.Cn1c2ccc(B3OCCO3)cc2c2ccc(O)cc21.Cn1c2ccc(Br)cc2c2ccc(O)cc21.[Br-].[H-].[H-].[Mg+2].[Mg+2]. The van der Waals surface area contributed by atoms with Gasteiger partial charge >= 0.3 is 53.2 Å². The zero-order valence-corrected chi connectivity index (χ0v) is 36.1. The number of aryl methyl sites for hydroxylation is 3. The van der Waals surface area contributed by atoms with Gasteiger partial charge in [0.25, 0.3) is 0 Å². The number of rotatable bonds is 1. The van der Waals surface area contributed by atoms with Crippen LogP contribution in [0.15, 0.2) is 114 Å². The number of halogens is 2. The summed E-state index contributed by atoms with van der Waals surface area (Å²) < 4.78 is 18.4. The van der Waals surface area contributed by atoms with Gasteiger partial charge in [0.1, 0.15) is 17.2 Å². The molecule has 1 aliphatic heterocycles. The number of fused-ring (bicyclic) bond motifs is 9. The van der Waals surface area contributed by atoms with Gasteiger partial charge in [-0.15, -0.1) is 11.5 Å². The van der Waals surface area contributed by atoms with E-state index in [4.69, 9.17) is 9.31 Å². The van der Waals surface area contributed by atoms with E-state index in [1.165, 1.54) is 16.3 Å². The van der Waals surface area contributed by atoms with Crippen LogP contribution in [0.2, 0.25) is 0 Å². The van der Waals surface area contributed by atoms with Crippen LogP contribution in [0.25, 0.3) is 65.4 Å². The van der Waals surface area contributed by atoms with Gasteiger partial charge in [-0.25, -0.2) is 0 Å². The molecule has 10 rings (SSSR count). The van der Waals surface area contributed by atoms with Crippen molar-refractivity contribution in [2.45, 2.75) is 0 Å². The molecule has 1 aliphatic rings. The van der Waals surface area contributed by atoms with Crippen molar-refractivity contribution in [2.24, 2.45) is 21.1 Å². The van der Waals surface area contributed by atoms with Crippen molar-refractivity contribution in [1.82, 2.24) is 13.7 Å². The molecule has 0 spiro atoms. The molecular formula is C41H36BBr2Mg2N3O5. The minimum absolute atomic E-state index is 0. The fourth-order valence-electron chi connectivity index (χ4n) is 7.17. The summed E-state index contributed by atoms with van der Waals surface area (Å²) in [6, 6.07) is 37.8. The zero-order valence-electron chi connectivity index (χ0n) is 32.1. The molecule has 3 N–H and O–H groups in total. The molecule has 0 amide bonds. The van der Waals surface area contributed by atoms with Crippen LogP contribution in [0, 0.1) is 6.07 Å². The summed E-state index contributed by atoms with van der Waals surface area (Å²) in [5.41, 5.74) is 7.61. The van der Waals surface area contributed by atoms with Crippen LogP contribution in [-0.2, 0) is 30.5 Å². The summed E-state index contributed by atoms with van der Waals surface area (Å²) in [6.45, 7) is 1.29. The Morgan fingerprint density at radius 2 is 1.00 bits per heavy atom. The number of aromatic hydroxyl groups is 3. The average Bonchev–Trinajstić information content (AvgIpc) is 3.90. The molecule has 8 nitrogen and oxygen atoms in total. The van der Waals surface area contributed by atoms with Crippen LogP contribution in [0.3, 0.4) is 0 Å². The molecule has 0 atom stereocenters. The van der Waals surface area contributed by atoms with Crippen LogP contribution in [-0.4, -0.2) is 95.5 Å². The van der Waals surface area contributed by atoms with Crippen molar-refractivity contribution < 1.29 is 44.5 Å². The van der Waals surface area contributed by atoms with Gasteiger partial charge in [0.2, 0.25) is 0 Å². The maximum Gasteiger partial charge on any atom is 2.00 e. The monoisotopic (exact) mass is 867 g/mol. The Bertz CT molecular complexity index is 2790. The van der Waals surface area contributed by atoms with E-state index in [0.717, 1.165) is 59.1 Å². The fraction of sp³-hybridized carbons (Fsp3) is 0.122. The van der Waals surface area contributed by atoms with E-state index in [9.17, 15) is 15.3 Å². The number of aromatic nitrogens is 3. The van der Waals surface area contributed by atoms with E-state index in [-0.39, 0.29) is 78.8 Å². The Labute approximate surface area is 366 Å². The Balaban J connectivity index is 0.000000218. The molecule has 9 aromatic rings. The first-order valence-electron chi connectivity index (χ1n) is 16.6. The first-order chi connectivity index (χ1) is 24.7. The zero-order chi connectivity index (χ0) is 35.4. The van der Waals surface area contributed by atoms with Crippen LogP contribution in [0.1, 0.15) is 2.85 Å². The van der Waals surface area contributed by atoms with Crippen molar-refractivity contribution in [2.75, 3.05) is 13.2 Å². The Morgan fingerprint density at radius 3 is 1.52 bits per heavy atom. The van der Waals surface area contributed by atoms with Crippen molar-refractivity contribution in [1.29, 1.82) is 0 Å². The van der Waals surface area contributed by atoms with Gasteiger partial charge in [-0.05, 0) is 65.4 Å². The maximum absolute atomic E-state index is 9.65. The van der Waals surface area contributed by atoms with Gasteiger partial charge in [-0.1, -0.05) is 39.6 Å². The molecule has 13 heteroatoms. The minimum Gasteiger partial charge on any atom is -1.00 e. The molecule has 3 aromatic heterocycles. The molecule has 54 heavy (non-hydrogen) atoms. The van der Waals surface area contributed by atoms with Gasteiger partial charge < -0.3 is 58.2 Å². The van der Waals surface area contributed by atoms with Gasteiger partial charge in [0, 0.05) is 81.9 Å². The third-order valence-electron chi connectivity index (χ3n) is 9.70. The van der Waals surface area contributed by atoms with E-state index < -0.39 is 0 Å². The molecule has 1 fully saturated rings. The fourth-order valence-corrected chi connectivity index (χ4v) is 7.53. The first-order valence-corrected chi connectivity index (χ1v) is 17.4. The van der Waals surface area contributed by atoms with Crippen molar-refractivity contribution in [3.05, 3.63) is 120 Å². The van der Waals surface area contributed by atoms with Crippen LogP contribution >= 0.6 is 15.9 Å². The second kappa shape index (κ2) is 17.2. The van der Waals surface area contributed by atoms with Crippen LogP contribution in [0.4, 0.5) is 0 Å². The molecule has 1 saturated heterocycles. The second-order valence-corrected chi connectivity index (χ2v) is 13.7. The van der Waals surface area contributed by atoms with Crippen molar-refractivity contribution in [3.63, 3.8) is 0 Å². The number of nitrogens with zero attached hydrogens (tertiary/aromatic N) is 3. The van der Waals surface area contributed by atoms with Crippen molar-refractivity contribution in [3.8, 4) is 17.2 Å². The van der Waals surface area contributed by atoms with E-state index >= 15 is 0 Å². The predicted molar refractivity (Wildman–Crippen MR) is 224 cm³/mol. The molecule has 4 heterocycles. The number of benzene rings is 6. The van der Waals surface area contributed by atoms with E-state index in [1.807, 2.05) is 69.7 Å². The molecule has 0 aliphatic carbocycles. The normalized spacial score (nSPS) is 12.3. The van der Waals surface area contributed by atoms with Gasteiger partial charge in [0.15, 0.2) is 0 Å². The van der Waals surface area contributed by atoms with E-state index in [2.05, 4.69) is 60.0 Å². The summed E-state index contributed by atoms with van der Waals surface area (Å²) in [6.07, 6.45) is 0. The maximum atomic E-state index is 9.65. The Hall–Kier alpha value is -3.40. The van der Waals surface area contributed by atoms with Gasteiger partial charge in [-0.2, -0.15) is 18.2 Å². The van der Waals surface area contributed by atoms with Gasteiger partial charge in [0.05, 0.1) is 24.2 Å². The quantitative estimate of drug-likeness (QED) is 0.162. The molecule has 0 radical (unpaired) electrons. The van der Waals surface area contributed by atoms with E-state index in [0.29, 0.717) is 24.7 Å². The molecule has 6 aromatic carbocycles. The number of hydrogen-bond donors (Lipinski definition) is 3. The number of hydrogen-bond acceptors (Lipinski definition) is 5. The summed E-state index contributed by atoms with van der Waals surface area (Å²) in [5.74, 6) is 0.890. The minimum atomic E-state index is -0.258. The molecule has 266 valence electrons. The second-order valence-electron chi connectivity index (χ2n) is 12.7. The Morgan fingerprint density at radius 1 is 0.556 bits per heavy atom. The smallest absolute Gasteiger partial charge is 1.00 e. The standard InChI is InChI=1S/C15H14BNO3.C13H10BrNO.C13H10NO.BrH.2Mg.2H/c1-17-14-5-2-10(16-19-6-7-20-16)8-13(14)12-4-3-11(18)9-15(12)17;1-15-12-5-2-8(14)6-11(12)10-4-3-9(16)7-13(10)15;1-14-12-5-3-2-4-10(12)11-7-6-9(15)8-13(11)14;;;;;/h2-5,8-9,18H,6-7H2,1H3;2-7,16H,1H3;3-8,15H,1H3;1H;;;;/q;;-1;;2*+2;2*-1/p-1. The Kier molecular flexibility index (Phi) is 13.3. The molecule has 0 bridgehead atoms. The topological polar surface area (TPSA) is 93.9 Å². The van der Waals surface area contributed by atoms with Gasteiger partial charge in [-0.3, -0.25) is 0 Å². The number of phenolic OH excluding ortho intramolecular Hbond substituents is 3. The average molecular weight is 870 g/mol. The largest absolute Gasteiger partial charge is 2.00 e. The summed E-state index contributed by atoms with van der Waals surface area (Å²) in [7, 11) is 5.76. The molecular weight excluding hydrogens is 834 g/mol. The first kappa shape index (κ1) is 41.8. The van der Waals surface area contributed by atoms with E-state index in [1.54, 1.807) is 36.4 Å². The predicted octanol–water partition coefficient (Wildman–Crippen LogP) is 4.88. The molecule has 0 unspecified atom stereocenters. The molecule has 0 saturated carbocycles. The summed E-state index contributed by atoms with van der Waals surface area (Å²) in [5, 5.41) is 35.6. The third kappa shape index (κ3) is 7.70. The summed E-state index contributed by atoms with van der Waals surface area (Å²) in [4.78, 5) is 0. The van der Waals surface area contributed by atoms with Crippen LogP contribution < -0.4 is 22.4 Å². The van der Waals surface area contributed by atoms with Crippen LogP contribution in [0.5, 0.6) is 17.2 Å². The number of phenols is 3.